The first kappa shape index (κ1) is 23.2. The molecular formula is C21H34FIN4O. The smallest absolute Gasteiger partial charge is 0.191 e. The van der Waals surface area contributed by atoms with Crippen molar-refractivity contribution in [1.82, 2.24) is 15.5 Å². The Bertz CT molecular complexity index is 631. The van der Waals surface area contributed by atoms with E-state index in [1.54, 1.807) is 18.2 Å². The summed E-state index contributed by atoms with van der Waals surface area (Å²) in [6, 6.07) is 8.32. The van der Waals surface area contributed by atoms with Gasteiger partial charge in [0.1, 0.15) is 6.10 Å². The summed E-state index contributed by atoms with van der Waals surface area (Å²) in [5, 5.41) is 6.95. The fourth-order valence-electron chi connectivity index (χ4n) is 4.26. The van der Waals surface area contributed by atoms with Crippen molar-refractivity contribution >= 4 is 29.9 Å². The third-order valence-electron chi connectivity index (χ3n) is 5.70. The fourth-order valence-corrected chi connectivity index (χ4v) is 4.26. The molecule has 3 unspecified atom stereocenters. The Morgan fingerprint density at radius 1 is 1.29 bits per heavy atom. The van der Waals surface area contributed by atoms with Crippen molar-refractivity contribution in [1.29, 1.82) is 0 Å². The van der Waals surface area contributed by atoms with Gasteiger partial charge in [-0.1, -0.05) is 18.6 Å². The molecule has 2 fully saturated rings. The van der Waals surface area contributed by atoms with Gasteiger partial charge in [0.2, 0.25) is 0 Å². The van der Waals surface area contributed by atoms with Gasteiger partial charge in [-0.25, -0.2) is 9.38 Å². The second-order valence-corrected chi connectivity index (χ2v) is 7.80. The molecule has 7 heteroatoms. The van der Waals surface area contributed by atoms with Crippen LogP contribution in [0.1, 0.15) is 46.0 Å². The lowest BCUT2D eigenvalue weighted by molar-refractivity contribution is 0.0526. The average Bonchev–Trinajstić information content (AvgIpc) is 2.63. The molecule has 2 bridgehead atoms. The molecule has 5 nitrogen and oxygen atoms in total. The third-order valence-corrected chi connectivity index (χ3v) is 5.70. The lowest BCUT2D eigenvalue weighted by Crippen LogP contribution is -2.56. The third kappa shape index (κ3) is 6.20. The first-order valence-corrected chi connectivity index (χ1v) is 10.2. The van der Waals surface area contributed by atoms with Crippen LogP contribution in [-0.2, 0) is 0 Å². The summed E-state index contributed by atoms with van der Waals surface area (Å²) in [6.45, 7) is 5.27. The maximum Gasteiger partial charge on any atom is 0.191 e. The SMILES string of the molecule is CCNC(=NCC(C)Oc1ccccc1F)NC1CC2CCCC(C1)N2C.I. The average molecular weight is 504 g/mol. The maximum atomic E-state index is 13.7. The molecule has 3 rings (SSSR count). The molecule has 0 radical (unpaired) electrons. The van der Waals surface area contributed by atoms with Crippen LogP contribution >= 0.6 is 24.0 Å². The van der Waals surface area contributed by atoms with Gasteiger partial charge in [0.25, 0.3) is 0 Å². The number of halogens is 2. The topological polar surface area (TPSA) is 48.9 Å². The molecule has 0 saturated carbocycles. The molecule has 2 saturated heterocycles. The van der Waals surface area contributed by atoms with Crippen LogP contribution in [0.5, 0.6) is 5.75 Å². The molecule has 0 aliphatic carbocycles. The Labute approximate surface area is 185 Å². The lowest BCUT2D eigenvalue weighted by atomic mass is 9.82. The van der Waals surface area contributed by atoms with Crippen molar-refractivity contribution < 1.29 is 9.13 Å². The minimum atomic E-state index is -0.337. The van der Waals surface area contributed by atoms with E-state index in [9.17, 15) is 4.39 Å². The Morgan fingerprint density at radius 3 is 2.61 bits per heavy atom. The van der Waals surface area contributed by atoms with Crippen LogP contribution in [0.3, 0.4) is 0 Å². The zero-order valence-electron chi connectivity index (χ0n) is 17.2. The Hall–Kier alpha value is -1.09. The van der Waals surface area contributed by atoms with E-state index in [0.717, 1.165) is 12.5 Å². The molecule has 2 aliphatic heterocycles. The van der Waals surface area contributed by atoms with Crippen molar-refractivity contribution in [2.45, 2.75) is 70.2 Å². The van der Waals surface area contributed by atoms with Gasteiger partial charge in [0, 0.05) is 24.7 Å². The van der Waals surface area contributed by atoms with E-state index in [-0.39, 0.29) is 41.6 Å². The van der Waals surface area contributed by atoms with Crippen LogP contribution in [0.4, 0.5) is 4.39 Å². The van der Waals surface area contributed by atoms with Crippen molar-refractivity contribution in [3.05, 3.63) is 30.1 Å². The van der Waals surface area contributed by atoms with Gasteiger partial charge in [-0.15, -0.1) is 24.0 Å². The fraction of sp³-hybridized carbons (Fsp3) is 0.667. The van der Waals surface area contributed by atoms with Crippen LogP contribution < -0.4 is 15.4 Å². The molecule has 1 aromatic carbocycles. The molecule has 1 aromatic rings. The molecule has 2 N–H and O–H groups in total. The van der Waals surface area contributed by atoms with Crippen LogP contribution in [0.25, 0.3) is 0 Å². The predicted molar refractivity (Wildman–Crippen MR) is 123 cm³/mol. The van der Waals surface area contributed by atoms with Gasteiger partial charge in [0.05, 0.1) is 6.54 Å². The molecule has 2 aliphatic rings. The van der Waals surface area contributed by atoms with Crippen molar-refractivity contribution in [3.8, 4) is 5.75 Å². The number of piperidine rings is 2. The molecule has 3 atom stereocenters. The quantitative estimate of drug-likeness (QED) is 0.352. The van der Waals surface area contributed by atoms with Gasteiger partial charge in [-0.3, -0.25) is 0 Å². The molecule has 28 heavy (non-hydrogen) atoms. The lowest BCUT2D eigenvalue weighted by Gasteiger charge is -2.47. The van der Waals surface area contributed by atoms with E-state index >= 15 is 0 Å². The number of nitrogens with zero attached hydrogens (tertiary/aromatic N) is 2. The number of para-hydroxylation sites is 1. The van der Waals surface area contributed by atoms with E-state index in [4.69, 9.17) is 4.74 Å². The zero-order valence-corrected chi connectivity index (χ0v) is 19.5. The van der Waals surface area contributed by atoms with E-state index in [2.05, 4.69) is 34.5 Å². The number of rotatable bonds is 6. The number of benzene rings is 1. The zero-order chi connectivity index (χ0) is 19.2. The summed E-state index contributed by atoms with van der Waals surface area (Å²) < 4.78 is 19.4. The predicted octanol–water partition coefficient (Wildman–Crippen LogP) is 3.78. The molecule has 0 aromatic heterocycles. The molecular weight excluding hydrogens is 470 g/mol. The number of ether oxygens (including phenoxy) is 1. The van der Waals surface area contributed by atoms with Crippen LogP contribution in [-0.4, -0.2) is 55.2 Å². The molecule has 0 amide bonds. The summed E-state index contributed by atoms with van der Waals surface area (Å²) >= 11 is 0. The number of fused-ring (bicyclic) bond motifs is 2. The van der Waals surface area contributed by atoms with Crippen LogP contribution in [0.2, 0.25) is 0 Å². The number of guanidine groups is 1. The summed E-state index contributed by atoms with van der Waals surface area (Å²) in [5.74, 6) is 0.770. The van der Waals surface area contributed by atoms with Crippen molar-refractivity contribution in [2.24, 2.45) is 4.99 Å². The highest BCUT2D eigenvalue weighted by atomic mass is 127. The highest BCUT2D eigenvalue weighted by Gasteiger charge is 2.36. The first-order valence-electron chi connectivity index (χ1n) is 10.2. The van der Waals surface area contributed by atoms with Crippen LogP contribution in [0, 0.1) is 5.82 Å². The van der Waals surface area contributed by atoms with Crippen molar-refractivity contribution in [3.63, 3.8) is 0 Å². The monoisotopic (exact) mass is 504 g/mol. The van der Waals surface area contributed by atoms with Gasteiger partial charge >= 0.3 is 0 Å². The Morgan fingerprint density at radius 2 is 1.96 bits per heavy atom. The summed E-state index contributed by atoms with van der Waals surface area (Å²) in [7, 11) is 2.27. The number of hydrogen-bond acceptors (Lipinski definition) is 3. The van der Waals surface area contributed by atoms with E-state index < -0.39 is 0 Å². The summed E-state index contributed by atoms with van der Waals surface area (Å²) in [6.07, 6.45) is 6.08. The molecule has 158 valence electrons. The largest absolute Gasteiger partial charge is 0.486 e. The maximum absolute atomic E-state index is 13.7. The Kier molecular flexibility index (Phi) is 9.27. The van der Waals surface area contributed by atoms with E-state index in [0.29, 0.717) is 24.7 Å². The van der Waals surface area contributed by atoms with Gasteiger partial charge in [-0.2, -0.15) is 0 Å². The van der Waals surface area contributed by atoms with E-state index in [1.807, 2.05) is 6.92 Å². The normalized spacial score (nSPS) is 26.1. The second kappa shape index (κ2) is 11.2. The highest BCUT2D eigenvalue weighted by molar-refractivity contribution is 14.0. The molecule has 2 heterocycles. The summed E-state index contributed by atoms with van der Waals surface area (Å²) in [4.78, 5) is 7.25. The minimum absolute atomic E-state index is 0. The highest BCUT2D eigenvalue weighted by Crippen LogP contribution is 2.32. The summed E-state index contributed by atoms with van der Waals surface area (Å²) in [5.41, 5.74) is 0. The second-order valence-electron chi connectivity index (χ2n) is 7.80. The standard InChI is InChI=1S/C21H33FN4O.HI/c1-4-23-21(24-14-15(2)27-20-11-6-5-10-19(20)22)25-16-12-17-8-7-9-18(13-16)26(17)3;/h5-6,10-11,15-18H,4,7-9,12-14H2,1-3H3,(H2,23,24,25);1H. The number of nitrogens with one attached hydrogen (secondary N) is 2. The molecule has 0 spiro atoms. The number of hydrogen-bond donors (Lipinski definition) is 2. The van der Waals surface area contributed by atoms with Gasteiger partial charge < -0.3 is 20.3 Å². The first-order chi connectivity index (χ1) is 13.1. The van der Waals surface area contributed by atoms with Crippen LogP contribution in [0.15, 0.2) is 29.3 Å². The minimum Gasteiger partial charge on any atom is -0.486 e. The van der Waals surface area contributed by atoms with Gasteiger partial charge in [0.15, 0.2) is 17.5 Å². The van der Waals surface area contributed by atoms with Crippen molar-refractivity contribution in [2.75, 3.05) is 20.1 Å². The van der Waals surface area contributed by atoms with E-state index in [1.165, 1.54) is 38.2 Å². The van der Waals surface area contributed by atoms with Gasteiger partial charge in [-0.05, 0) is 58.7 Å². The Balaban J connectivity index is 0.00000280. The number of aliphatic imine (C=N–C) groups is 1.